The molecule has 1 aromatic heterocycles. The van der Waals surface area contributed by atoms with Gasteiger partial charge in [-0.3, -0.25) is 9.69 Å². The van der Waals surface area contributed by atoms with Crippen molar-refractivity contribution in [1.82, 2.24) is 9.80 Å². The highest BCUT2D eigenvalue weighted by molar-refractivity contribution is 7.09. The molecule has 4 nitrogen and oxygen atoms in total. The first kappa shape index (κ1) is 19.9. The van der Waals surface area contributed by atoms with Crippen LogP contribution >= 0.6 is 22.9 Å². The third-order valence-electron chi connectivity index (χ3n) is 5.69. The maximum absolute atomic E-state index is 12.8. The molecule has 6 heteroatoms. The minimum Gasteiger partial charge on any atom is -0.311 e. The number of rotatable bonds is 8. The topological polar surface area (TPSA) is 26.8 Å². The van der Waals surface area contributed by atoms with E-state index < -0.39 is 0 Å². The zero-order valence-electron chi connectivity index (χ0n) is 16.2. The predicted molar refractivity (Wildman–Crippen MR) is 117 cm³/mol. The van der Waals surface area contributed by atoms with Crippen molar-refractivity contribution in [2.24, 2.45) is 5.92 Å². The van der Waals surface area contributed by atoms with Gasteiger partial charge in [-0.25, -0.2) is 0 Å². The molecule has 2 aromatic rings. The fourth-order valence-electron chi connectivity index (χ4n) is 3.74. The van der Waals surface area contributed by atoms with Crippen LogP contribution in [0.5, 0.6) is 0 Å². The Hall–Kier alpha value is -1.40. The monoisotopic (exact) mass is 417 g/mol. The van der Waals surface area contributed by atoms with Crippen molar-refractivity contribution in [3.63, 3.8) is 0 Å². The smallest absolute Gasteiger partial charge is 0.230 e. The van der Waals surface area contributed by atoms with Crippen LogP contribution in [-0.2, 0) is 11.2 Å². The van der Waals surface area contributed by atoms with E-state index in [0.717, 1.165) is 70.8 Å². The molecule has 1 aliphatic carbocycles. The minimum absolute atomic E-state index is 0.227. The van der Waals surface area contributed by atoms with Gasteiger partial charge < -0.3 is 9.80 Å². The van der Waals surface area contributed by atoms with E-state index in [-0.39, 0.29) is 11.8 Å². The van der Waals surface area contributed by atoms with E-state index in [1.165, 1.54) is 4.88 Å². The molecule has 1 aromatic carbocycles. The van der Waals surface area contributed by atoms with Crippen molar-refractivity contribution in [2.75, 3.05) is 50.7 Å². The molecule has 0 radical (unpaired) electrons. The van der Waals surface area contributed by atoms with E-state index in [0.29, 0.717) is 5.02 Å². The van der Waals surface area contributed by atoms with Crippen LogP contribution in [0.2, 0.25) is 5.02 Å². The molecular formula is C22H28ClN3OS. The summed E-state index contributed by atoms with van der Waals surface area (Å²) < 4.78 is 0. The Labute approximate surface area is 176 Å². The second kappa shape index (κ2) is 9.40. The van der Waals surface area contributed by atoms with Gasteiger partial charge in [-0.05, 0) is 55.0 Å². The van der Waals surface area contributed by atoms with Crippen LogP contribution in [0.15, 0.2) is 41.8 Å². The number of benzene rings is 1. The van der Waals surface area contributed by atoms with Gasteiger partial charge in [0.2, 0.25) is 5.91 Å². The number of hydrogen-bond donors (Lipinski definition) is 0. The van der Waals surface area contributed by atoms with E-state index >= 15 is 0 Å². The van der Waals surface area contributed by atoms with Gasteiger partial charge in [-0.15, -0.1) is 11.3 Å². The van der Waals surface area contributed by atoms with Crippen LogP contribution in [0.3, 0.4) is 0 Å². The number of amides is 1. The predicted octanol–water partition coefficient (Wildman–Crippen LogP) is 4.00. The second-order valence-electron chi connectivity index (χ2n) is 7.75. The average molecular weight is 418 g/mol. The summed E-state index contributed by atoms with van der Waals surface area (Å²) >= 11 is 7.88. The summed E-state index contributed by atoms with van der Waals surface area (Å²) in [5.41, 5.74) is 0.968. The molecule has 1 saturated carbocycles. The largest absolute Gasteiger partial charge is 0.311 e. The highest BCUT2D eigenvalue weighted by Crippen LogP contribution is 2.33. The summed E-state index contributed by atoms with van der Waals surface area (Å²) in [5.74, 6) is 0.502. The van der Waals surface area contributed by atoms with E-state index in [1.54, 1.807) is 0 Å². The summed E-state index contributed by atoms with van der Waals surface area (Å²) in [5, 5.41) is 2.86. The lowest BCUT2D eigenvalue weighted by molar-refractivity contribution is -0.119. The van der Waals surface area contributed by atoms with Gasteiger partial charge in [0, 0.05) is 67.3 Å². The van der Waals surface area contributed by atoms with Crippen molar-refractivity contribution in [1.29, 1.82) is 0 Å². The summed E-state index contributed by atoms with van der Waals surface area (Å²) in [6, 6.07) is 12.0. The Kier molecular flexibility index (Phi) is 6.68. The number of carbonyl (C=O) groups is 1. The molecule has 0 bridgehead atoms. The molecule has 150 valence electrons. The van der Waals surface area contributed by atoms with Crippen molar-refractivity contribution >= 4 is 34.5 Å². The molecular weight excluding hydrogens is 390 g/mol. The number of carbonyl (C=O) groups excluding carboxylic acids is 1. The van der Waals surface area contributed by atoms with E-state index in [4.69, 9.17) is 11.6 Å². The van der Waals surface area contributed by atoms with Crippen molar-refractivity contribution in [3.05, 3.63) is 51.7 Å². The maximum Gasteiger partial charge on any atom is 0.230 e. The standard InChI is InChI=1S/C22H28ClN3OS/c23-19-5-7-20(8-6-19)26(22(27)18-3-4-18)16-15-25-13-11-24(12-14-25)10-9-21-2-1-17-28-21/h1-2,5-8,17-18H,3-4,9-16H2. The Morgan fingerprint density at radius 1 is 1.04 bits per heavy atom. The van der Waals surface area contributed by atoms with Crippen molar-refractivity contribution in [2.45, 2.75) is 19.3 Å². The lowest BCUT2D eigenvalue weighted by atomic mass is 10.2. The molecule has 28 heavy (non-hydrogen) atoms. The third-order valence-corrected chi connectivity index (χ3v) is 6.88. The number of hydrogen-bond acceptors (Lipinski definition) is 4. The lowest BCUT2D eigenvalue weighted by Crippen LogP contribution is -2.49. The maximum atomic E-state index is 12.8. The van der Waals surface area contributed by atoms with Crippen molar-refractivity contribution in [3.8, 4) is 0 Å². The fraction of sp³-hybridized carbons (Fsp3) is 0.500. The Balaban J connectivity index is 1.26. The third kappa shape index (κ3) is 5.35. The summed E-state index contributed by atoms with van der Waals surface area (Å²) in [6.07, 6.45) is 3.22. The van der Waals surface area contributed by atoms with Gasteiger partial charge in [0.15, 0.2) is 0 Å². The quantitative estimate of drug-likeness (QED) is 0.649. The number of anilines is 1. The van der Waals surface area contributed by atoms with E-state index in [9.17, 15) is 4.79 Å². The number of thiophene rings is 1. The first-order valence-corrected chi connectivity index (χ1v) is 11.5. The van der Waals surface area contributed by atoms with Crippen molar-refractivity contribution < 1.29 is 4.79 Å². The molecule has 0 unspecified atom stereocenters. The number of nitrogens with zero attached hydrogens (tertiary/aromatic N) is 3. The fourth-order valence-corrected chi connectivity index (χ4v) is 4.56. The summed E-state index contributed by atoms with van der Waals surface area (Å²) in [4.78, 5) is 21.3. The van der Waals surface area contributed by atoms with Crippen LogP contribution in [0, 0.1) is 5.92 Å². The van der Waals surface area contributed by atoms with Gasteiger partial charge in [0.25, 0.3) is 0 Å². The SMILES string of the molecule is O=C(C1CC1)N(CCN1CCN(CCc2cccs2)CC1)c1ccc(Cl)cc1. The minimum atomic E-state index is 0.227. The molecule has 1 amide bonds. The Bertz CT molecular complexity index is 753. The molecule has 0 atom stereocenters. The highest BCUT2D eigenvalue weighted by atomic mass is 35.5. The van der Waals surface area contributed by atoms with Crippen LogP contribution in [0.1, 0.15) is 17.7 Å². The van der Waals surface area contributed by atoms with Gasteiger partial charge in [-0.1, -0.05) is 17.7 Å². The normalized spacial score (nSPS) is 18.3. The Morgan fingerprint density at radius 2 is 1.71 bits per heavy atom. The van der Waals surface area contributed by atoms with Gasteiger partial charge in [0.05, 0.1) is 0 Å². The Morgan fingerprint density at radius 3 is 2.32 bits per heavy atom. The van der Waals surface area contributed by atoms with Gasteiger partial charge >= 0.3 is 0 Å². The first-order chi connectivity index (χ1) is 13.7. The zero-order valence-corrected chi connectivity index (χ0v) is 17.8. The molecule has 2 heterocycles. The summed E-state index contributed by atoms with van der Waals surface area (Å²) in [6.45, 7) is 7.22. The molecule has 0 N–H and O–H groups in total. The molecule has 2 aliphatic rings. The van der Waals surface area contributed by atoms with Gasteiger partial charge in [0.1, 0.15) is 0 Å². The first-order valence-electron chi connectivity index (χ1n) is 10.2. The van der Waals surface area contributed by atoms with Crippen LogP contribution in [0.25, 0.3) is 0 Å². The lowest BCUT2D eigenvalue weighted by Gasteiger charge is -2.36. The molecule has 2 fully saturated rings. The zero-order chi connectivity index (χ0) is 19.3. The van der Waals surface area contributed by atoms with E-state index in [2.05, 4.69) is 27.3 Å². The number of halogens is 1. The average Bonchev–Trinajstić information content (AvgIpc) is 3.44. The molecule has 1 aliphatic heterocycles. The van der Waals surface area contributed by atoms with Crippen LogP contribution in [0.4, 0.5) is 5.69 Å². The summed E-state index contributed by atoms with van der Waals surface area (Å²) in [7, 11) is 0. The van der Waals surface area contributed by atoms with E-state index in [1.807, 2.05) is 40.5 Å². The molecule has 1 saturated heterocycles. The van der Waals surface area contributed by atoms with Crippen LogP contribution in [-0.4, -0.2) is 61.5 Å². The second-order valence-corrected chi connectivity index (χ2v) is 9.22. The molecule has 4 rings (SSSR count). The molecule has 0 spiro atoms. The van der Waals surface area contributed by atoms with Crippen LogP contribution < -0.4 is 4.90 Å². The van der Waals surface area contributed by atoms with Gasteiger partial charge in [-0.2, -0.15) is 0 Å². The number of piperazine rings is 1. The highest BCUT2D eigenvalue weighted by Gasteiger charge is 2.34.